The summed E-state index contributed by atoms with van der Waals surface area (Å²) in [5, 5.41) is 11.8. The van der Waals surface area contributed by atoms with Gasteiger partial charge in [-0.15, -0.1) is 23.4 Å². The minimum atomic E-state index is -4.75. The van der Waals surface area contributed by atoms with Crippen molar-refractivity contribution >= 4 is 5.91 Å². The summed E-state index contributed by atoms with van der Waals surface area (Å²) in [6, 6.07) is 14.4. The molecule has 0 aliphatic rings. The maximum absolute atomic E-state index is 12.4. The Morgan fingerprint density at radius 1 is 1.07 bits per heavy atom. The highest BCUT2D eigenvalue weighted by atomic mass is 19.4. The minimum absolute atomic E-state index is 0.111. The van der Waals surface area contributed by atoms with Gasteiger partial charge in [-0.2, -0.15) is 4.80 Å². The van der Waals surface area contributed by atoms with E-state index in [1.807, 2.05) is 18.2 Å². The number of benzene rings is 2. The Balaban J connectivity index is 1.49. The van der Waals surface area contributed by atoms with Gasteiger partial charge >= 0.3 is 6.36 Å². The molecular weight excluding hydrogens is 403 g/mol. The molecule has 0 atom stereocenters. The van der Waals surface area contributed by atoms with E-state index in [1.54, 1.807) is 19.2 Å². The molecule has 11 heteroatoms. The van der Waals surface area contributed by atoms with Gasteiger partial charge in [0.15, 0.2) is 6.61 Å². The van der Waals surface area contributed by atoms with Gasteiger partial charge < -0.3 is 14.4 Å². The third-order valence-electron chi connectivity index (χ3n) is 3.88. The smallest absolute Gasteiger partial charge is 0.485 e. The van der Waals surface area contributed by atoms with E-state index in [9.17, 15) is 18.0 Å². The number of amides is 1. The maximum atomic E-state index is 12.4. The summed E-state index contributed by atoms with van der Waals surface area (Å²) in [4.78, 5) is 14.9. The van der Waals surface area contributed by atoms with Crippen LogP contribution in [0.25, 0.3) is 0 Å². The molecule has 1 aromatic heterocycles. The van der Waals surface area contributed by atoms with Crippen LogP contribution in [0.1, 0.15) is 11.4 Å². The first-order valence-corrected chi connectivity index (χ1v) is 8.82. The van der Waals surface area contributed by atoms with Gasteiger partial charge in [0.1, 0.15) is 18.0 Å². The lowest BCUT2D eigenvalue weighted by Gasteiger charge is -2.17. The number of hydrogen-bond donors (Lipinski definition) is 0. The van der Waals surface area contributed by atoms with Crippen LogP contribution in [-0.4, -0.2) is 44.4 Å². The molecule has 2 aromatic carbocycles. The number of halogens is 3. The molecule has 0 unspecified atom stereocenters. The molecule has 0 spiro atoms. The van der Waals surface area contributed by atoms with Crippen LogP contribution in [0.5, 0.6) is 11.5 Å². The molecule has 158 valence electrons. The molecular formula is C19H18F3N5O3. The van der Waals surface area contributed by atoms with Gasteiger partial charge in [-0.25, -0.2) is 0 Å². The van der Waals surface area contributed by atoms with Gasteiger partial charge in [0.05, 0.1) is 0 Å². The summed E-state index contributed by atoms with van der Waals surface area (Å²) < 4.78 is 45.9. The molecule has 0 aliphatic heterocycles. The Labute approximate surface area is 169 Å². The average molecular weight is 421 g/mol. The first-order chi connectivity index (χ1) is 14.3. The third kappa shape index (κ3) is 6.47. The molecule has 3 aromatic rings. The van der Waals surface area contributed by atoms with E-state index in [1.165, 1.54) is 29.2 Å². The molecule has 1 heterocycles. The molecule has 30 heavy (non-hydrogen) atoms. The number of carbonyl (C=O) groups is 1. The Morgan fingerprint density at radius 2 is 1.77 bits per heavy atom. The zero-order chi connectivity index (χ0) is 21.6. The summed E-state index contributed by atoms with van der Waals surface area (Å²) in [5.74, 6) is 0.377. The molecule has 3 rings (SSSR count). The first-order valence-electron chi connectivity index (χ1n) is 8.82. The fourth-order valence-electron chi connectivity index (χ4n) is 2.47. The number of ether oxygens (including phenoxy) is 2. The van der Waals surface area contributed by atoms with Crippen molar-refractivity contribution < 1.29 is 27.4 Å². The molecule has 0 bridgehead atoms. The SMILES string of the molecule is CN(Cc1ccc(OC(F)(F)F)cc1)C(=O)Cn1nnc(COc2ccccc2)n1. The summed E-state index contributed by atoms with van der Waals surface area (Å²) in [6.07, 6.45) is -4.75. The lowest BCUT2D eigenvalue weighted by Crippen LogP contribution is -2.30. The fraction of sp³-hybridized carbons (Fsp3) is 0.263. The predicted molar refractivity (Wildman–Crippen MR) is 98.2 cm³/mol. The van der Waals surface area contributed by atoms with Crippen molar-refractivity contribution in [2.24, 2.45) is 0 Å². The zero-order valence-corrected chi connectivity index (χ0v) is 15.9. The van der Waals surface area contributed by atoms with Gasteiger partial charge in [0.25, 0.3) is 0 Å². The van der Waals surface area contributed by atoms with Crippen molar-refractivity contribution in [3.63, 3.8) is 0 Å². The molecule has 1 amide bonds. The number of likely N-dealkylation sites (N-methyl/N-ethyl adjacent to an activating group) is 1. The second-order valence-corrected chi connectivity index (χ2v) is 6.28. The van der Waals surface area contributed by atoms with Crippen LogP contribution in [0.3, 0.4) is 0 Å². The van der Waals surface area contributed by atoms with E-state index in [2.05, 4.69) is 20.1 Å². The third-order valence-corrected chi connectivity index (χ3v) is 3.88. The van der Waals surface area contributed by atoms with Gasteiger partial charge in [-0.3, -0.25) is 4.79 Å². The second-order valence-electron chi connectivity index (χ2n) is 6.28. The number of nitrogens with zero attached hydrogens (tertiary/aromatic N) is 5. The number of rotatable bonds is 8. The summed E-state index contributed by atoms with van der Waals surface area (Å²) in [5.41, 5.74) is 0.642. The number of hydrogen-bond acceptors (Lipinski definition) is 6. The normalized spacial score (nSPS) is 11.2. The first kappa shape index (κ1) is 21.1. The molecule has 0 aliphatic carbocycles. The Morgan fingerprint density at radius 3 is 2.43 bits per heavy atom. The molecule has 0 saturated carbocycles. The molecule has 0 radical (unpaired) electrons. The van der Waals surface area contributed by atoms with E-state index in [-0.39, 0.29) is 31.4 Å². The number of carbonyl (C=O) groups excluding carboxylic acids is 1. The van der Waals surface area contributed by atoms with E-state index >= 15 is 0 Å². The summed E-state index contributed by atoms with van der Waals surface area (Å²) >= 11 is 0. The molecule has 8 nitrogen and oxygen atoms in total. The second kappa shape index (κ2) is 9.25. The maximum Gasteiger partial charge on any atom is 0.573 e. The van der Waals surface area contributed by atoms with Crippen molar-refractivity contribution in [1.82, 2.24) is 25.1 Å². The summed E-state index contributed by atoms with van der Waals surface area (Å²) in [6.45, 7) is 0.175. The van der Waals surface area contributed by atoms with E-state index in [4.69, 9.17) is 4.74 Å². The van der Waals surface area contributed by atoms with Crippen molar-refractivity contribution in [1.29, 1.82) is 0 Å². The van der Waals surface area contributed by atoms with Gasteiger partial charge in [-0.05, 0) is 35.0 Å². The Hall–Kier alpha value is -3.63. The van der Waals surface area contributed by atoms with Crippen LogP contribution in [0.2, 0.25) is 0 Å². The number of alkyl halides is 3. The molecule has 0 saturated heterocycles. The predicted octanol–water partition coefficient (Wildman–Crippen LogP) is 2.81. The van der Waals surface area contributed by atoms with Gasteiger partial charge in [0, 0.05) is 13.6 Å². The average Bonchev–Trinajstić information content (AvgIpc) is 3.15. The lowest BCUT2D eigenvalue weighted by molar-refractivity contribution is -0.274. The van der Waals surface area contributed by atoms with Crippen LogP contribution in [0.15, 0.2) is 54.6 Å². The topological polar surface area (TPSA) is 82.4 Å². The number of para-hydroxylation sites is 1. The Bertz CT molecular complexity index is 962. The molecule has 0 N–H and O–H groups in total. The fourth-order valence-corrected chi connectivity index (χ4v) is 2.47. The lowest BCUT2D eigenvalue weighted by atomic mass is 10.2. The monoisotopic (exact) mass is 421 g/mol. The van der Waals surface area contributed by atoms with Crippen LogP contribution in [0.4, 0.5) is 13.2 Å². The standard InChI is InChI=1S/C19H18F3N5O3/c1-26(11-14-7-9-16(10-8-14)30-19(20,21)22)18(28)12-27-24-17(23-25-27)13-29-15-5-3-2-4-6-15/h2-10H,11-13H2,1H3. The van der Waals surface area contributed by atoms with E-state index < -0.39 is 6.36 Å². The van der Waals surface area contributed by atoms with E-state index in [0.717, 1.165) is 4.80 Å². The highest BCUT2D eigenvalue weighted by Gasteiger charge is 2.31. The number of tetrazole rings is 1. The van der Waals surface area contributed by atoms with Crippen LogP contribution in [-0.2, 0) is 24.5 Å². The van der Waals surface area contributed by atoms with Gasteiger partial charge in [-0.1, -0.05) is 30.3 Å². The van der Waals surface area contributed by atoms with Crippen molar-refractivity contribution in [2.75, 3.05) is 7.05 Å². The van der Waals surface area contributed by atoms with Crippen LogP contribution in [0, 0.1) is 0 Å². The minimum Gasteiger partial charge on any atom is -0.485 e. The highest BCUT2D eigenvalue weighted by molar-refractivity contribution is 5.75. The van der Waals surface area contributed by atoms with Crippen LogP contribution >= 0.6 is 0 Å². The van der Waals surface area contributed by atoms with E-state index in [0.29, 0.717) is 17.1 Å². The number of aromatic nitrogens is 4. The van der Waals surface area contributed by atoms with Crippen molar-refractivity contribution in [3.05, 3.63) is 66.0 Å². The quantitative estimate of drug-likeness (QED) is 0.556. The van der Waals surface area contributed by atoms with Gasteiger partial charge in [0.2, 0.25) is 11.7 Å². The van der Waals surface area contributed by atoms with Crippen LogP contribution < -0.4 is 9.47 Å². The summed E-state index contributed by atoms with van der Waals surface area (Å²) in [7, 11) is 1.57. The van der Waals surface area contributed by atoms with Crippen molar-refractivity contribution in [3.8, 4) is 11.5 Å². The largest absolute Gasteiger partial charge is 0.573 e. The zero-order valence-electron chi connectivity index (χ0n) is 15.9. The highest BCUT2D eigenvalue weighted by Crippen LogP contribution is 2.23. The molecule has 0 fully saturated rings. The Kier molecular flexibility index (Phi) is 6.50. The van der Waals surface area contributed by atoms with Crippen molar-refractivity contribution in [2.45, 2.75) is 26.1 Å².